The van der Waals surface area contributed by atoms with Crippen molar-refractivity contribution >= 4 is 34.5 Å². The predicted octanol–water partition coefficient (Wildman–Crippen LogP) is 5.01. The molecule has 1 aromatic heterocycles. The average molecular weight is 320 g/mol. The summed E-state index contributed by atoms with van der Waals surface area (Å²) in [5, 5.41) is 2.99. The third kappa shape index (κ3) is 3.30. The van der Waals surface area contributed by atoms with Crippen molar-refractivity contribution in [2.75, 3.05) is 5.32 Å². The fraction of sp³-hybridized carbons (Fsp3) is 0.353. The Labute approximate surface area is 134 Å². The van der Waals surface area contributed by atoms with Crippen LogP contribution in [0.5, 0.6) is 0 Å². The lowest BCUT2D eigenvalue weighted by Crippen LogP contribution is -2.11. The molecule has 0 bridgehead atoms. The molecule has 1 heterocycles. The second kappa shape index (κ2) is 6.63. The Kier molecular flexibility index (Phi) is 4.61. The number of hydrogen-bond donors (Lipinski definition) is 1. The van der Waals surface area contributed by atoms with Gasteiger partial charge in [0, 0.05) is 16.4 Å². The molecule has 1 amide bonds. The van der Waals surface area contributed by atoms with E-state index < -0.39 is 0 Å². The van der Waals surface area contributed by atoms with Crippen molar-refractivity contribution in [2.45, 2.75) is 38.0 Å². The third-order valence-electron chi connectivity index (χ3n) is 3.88. The lowest BCUT2D eigenvalue weighted by atomic mass is 10.1. The summed E-state index contributed by atoms with van der Waals surface area (Å²) in [6, 6.07) is 9.75. The van der Waals surface area contributed by atoms with Gasteiger partial charge in [0.25, 0.3) is 5.91 Å². The summed E-state index contributed by atoms with van der Waals surface area (Å²) in [6.45, 7) is 0. The Balaban J connectivity index is 1.79. The van der Waals surface area contributed by atoms with E-state index in [1.165, 1.54) is 29.7 Å². The van der Waals surface area contributed by atoms with Crippen LogP contribution in [-0.4, -0.2) is 5.91 Å². The molecule has 1 aliphatic rings. The maximum absolute atomic E-state index is 12.4. The van der Waals surface area contributed by atoms with Crippen molar-refractivity contribution in [3.8, 4) is 0 Å². The van der Waals surface area contributed by atoms with E-state index in [1.807, 2.05) is 24.3 Å². The number of thiophene rings is 1. The topological polar surface area (TPSA) is 29.1 Å². The first-order valence-electron chi connectivity index (χ1n) is 7.34. The number of hydrogen-bond acceptors (Lipinski definition) is 2. The van der Waals surface area contributed by atoms with Crippen LogP contribution in [0.25, 0.3) is 0 Å². The molecule has 21 heavy (non-hydrogen) atoms. The largest absolute Gasteiger partial charge is 0.321 e. The first-order chi connectivity index (χ1) is 10.3. The molecule has 4 heteroatoms. The van der Waals surface area contributed by atoms with Gasteiger partial charge in [-0.15, -0.1) is 22.9 Å². The molecule has 0 radical (unpaired) electrons. The molecule has 0 saturated carbocycles. The molecule has 110 valence electrons. The van der Waals surface area contributed by atoms with Crippen LogP contribution in [0.3, 0.4) is 0 Å². The minimum atomic E-state index is -0.0226. The van der Waals surface area contributed by atoms with Gasteiger partial charge >= 0.3 is 0 Å². The van der Waals surface area contributed by atoms with Crippen LogP contribution in [0.1, 0.15) is 44.9 Å². The van der Waals surface area contributed by atoms with Crippen molar-refractivity contribution in [3.05, 3.63) is 51.2 Å². The standard InChI is InChI=1S/C17H18ClNOS/c18-11-13-7-4-5-8-14(13)19-17(20)16-10-12-6-2-1-3-9-15(12)21-16/h4-5,7-8,10H,1-3,6,9,11H2,(H,19,20). The van der Waals surface area contributed by atoms with Crippen LogP contribution in [0.15, 0.2) is 30.3 Å². The van der Waals surface area contributed by atoms with Gasteiger partial charge in [-0.1, -0.05) is 24.6 Å². The van der Waals surface area contributed by atoms with E-state index in [4.69, 9.17) is 11.6 Å². The van der Waals surface area contributed by atoms with Gasteiger partial charge in [0.2, 0.25) is 0 Å². The number of carbonyl (C=O) groups is 1. The van der Waals surface area contributed by atoms with E-state index in [2.05, 4.69) is 11.4 Å². The van der Waals surface area contributed by atoms with Gasteiger partial charge in [0.1, 0.15) is 0 Å². The number of alkyl halides is 1. The summed E-state index contributed by atoms with van der Waals surface area (Å²) in [4.78, 5) is 14.6. The van der Waals surface area contributed by atoms with Gasteiger partial charge in [0.05, 0.1) is 4.88 Å². The molecule has 1 aliphatic carbocycles. The Morgan fingerprint density at radius 1 is 1.19 bits per heavy atom. The molecule has 0 fully saturated rings. The van der Waals surface area contributed by atoms with Gasteiger partial charge < -0.3 is 5.32 Å². The highest BCUT2D eigenvalue weighted by Crippen LogP contribution is 2.29. The molecule has 0 spiro atoms. The quantitative estimate of drug-likeness (QED) is 0.625. The zero-order valence-corrected chi connectivity index (χ0v) is 13.4. The summed E-state index contributed by atoms with van der Waals surface area (Å²) >= 11 is 7.56. The Morgan fingerprint density at radius 2 is 2.00 bits per heavy atom. The van der Waals surface area contributed by atoms with E-state index in [9.17, 15) is 4.79 Å². The van der Waals surface area contributed by atoms with Crippen molar-refractivity contribution in [3.63, 3.8) is 0 Å². The molecule has 2 aromatic rings. The van der Waals surface area contributed by atoms with Crippen LogP contribution in [-0.2, 0) is 18.7 Å². The normalized spacial score (nSPS) is 14.3. The summed E-state index contributed by atoms with van der Waals surface area (Å²) in [7, 11) is 0. The number of fused-ring (bicyclic) bond motifs is 1. The fourth-order valence-electron chi connectivity index (χ4n) is 2.72. The van der Waals surface area contributed by atoms with Crippen molar-refractivity contribution < 1.29 is 4.79 Å². The zero-order valence-electron chi connectivity index (χ0n) is 11.8. The van der Waals surface area contributed by atoms with Gasteiger partial charge in [-0.2, -0.15) is 0 Å². The minimum absolute atomic E-state index is 0.0226. The van der Waals surface area contributed by atoms with Crippen LogP contribution in [0.2, 0.25) is 0 Å². The van der Waals surface area contributed by atoms with E-state index in [0.717, 1.165) is 29.0 Å². The van der Waals surface area contributed by atoms with Crippen LogP contribution in [0, 0.1) is 0 Å². The van der Waals surface area contributed by atoms with Gasteiger partial charge in [-0.25, -0.2) is 0 Å². The highest BCUT2D eigenvalue weighted by atomic mass is 35.5. The second-order valence-electron chi connectivity index (χ2n) is 5.36. The average Bonchev–Trinajstić information content (AvgIpc) is 2.79. The summed E-state index contributed by atoms with van der Waals surface area (Å²) in [5.74, 6) is 0.378. The number of aryl methyl sites for hydroxylation is 2. The fourth-order valence-corrected chi connectivity index (χ4v) is 4.10. The molecular formula is C17H18ClNOS. The maximum atomic E-state index is 12.4. The second-order valence-corrected chi connectivity index (χ2v) is 6.77. The molecule has 0 unspecified atom stereocenters. The molecule has 3 rings (SSSR count). The predicted molar refractivity (Wildman–Crippen MR) is 89.5 cm³/mol. The van der Waals surface area contributed by atoms with Crippen molar-refractivity contribution in [2.24, 2.45) is 0 Å². The molecule has 0 saturated heterocycles. The summed E-state index contributed by atoms with van der Waals surface area (Å²) < 4.78 is 0. The number of para-hydroxylation sites is 1. The number of anilines is 1. The molecule has 0 aliphatic heterocycles. The number of benzene rings is 1. The van der Waals surface area contributed by atoms with E-state index in [0.29, 0.717) is 5.88 Å². The van der Waals surface area contributed by atoms with E-state index in [-0.39, 0.29) is 5.91 Å². The molecular weight excluding hydrogens is 302 g/mol. The summed E-state index contributed by atoms with van der Waals surface area (Å²) in [5.41, 5.74) is 3.13. The van der Waals surface area contributed by atoms with Gasteiger partial charge in [-0.3, -0.25) is 4.79 Å². The number of carbonyl (C=O) groups excluding carboxylic acids is 1. The SMILES string of the molecule is O=C(Nc1ccccc1CCl)c1cc2c(s1)CCCCC2. The number of amides is 1. The van der Waals surface area contributed by atoms with E-state index >= 15 is 0 Å². The summed E-state index contributed by atoms with van der Waals surface area (Å²) in [6.07, 6.45) is 6.00. The highest BCUT2D eigenvalue weighted by Gasteiger charge is 2.17. The van der Waals surface area contributed by atoms with Crippen molar-refractivity contribution in [1.82, 2.24) is 0 Å². The third-order valence-corrected chi connectivity index (χ3v) is 5.40. The smallest absolute Gasteiger partial charge is 0.265 e. The maximum Gasteiger partial charge on any atom is 0.265 e. The number of rotatable bonds is 3. The van der Waals surface area contributed by atoms with Crippen LogP contribution < -0.4 is 5.32 Å². The molecule has 0 atom stereocenters. The highest BCUT2D eigenvalue weighted by molar-refractivity contribution is 7.14. The van der Waals surface area contributed by atoms with E-state index in [1.54, 1.807) is 11.3 Å². The Morgan fingerprint density at radius 3 is 2.86 bits per heavy atom. The minimum Gasteiger partial charge on any atom is -0.321 e. The zero-order chi connectivity index (χ0) is 14.7. The van der Waals surface area contributed by atoms with Gasteiger partial charge in [0.15, 0.2) is 0 Å². The Hall–Kier alpha value is -1.32. The molecule has 2 nitrogen and oxygen atoms in total. The lowest BCUT2D eigenvalue weighted by molar-refractivity contribution is 0.103. The monoisotopic (exact) mass is 319 g/mol. The first-order valence-corrected chi connectivity index (χ1v) is 8.70. The number of nitrogens with one attached hydrogen (secondary N) is 1. The lowest BCUT2D eigenvalue weighted by Gasteiger charge is -2.07. The van der Waals surface area contributed by atoms with Crippen LogP contribution >= 0.6 is 22.9 Å². The first kappa shape index (κ1) is 14.6. The number of halogens is 1. The van der Waals surface area contributed by atoms with Gasteiger partial charge in [-0.05, 0) is 48.9 Å². The molecule has 1 N–H and O–H groups in total. The van der Waals surface area contributed by atoms with Crippen molar-refractivity contribution in [1.29, 1.82) is 0 Å². The Bertz CT molecular complexity index is 626. The molecule has 1 aromatic carbocycles. The van der Waals surface area contributed by atoms with Crippen LogP contribution in [0.4, 0.5) is 5.69 Å².